The summed E-state index contributed by atoms with van der Waals surface area (Å²) in [7, 11) is 0. The monoisotopic (exact) mass is 394 g/mol. The van der Waals surface area contributed by atoms with E-state index in [1.54, 1.807) is 0 Å². The molecule has 0 fully saturated rings. The maximum Gasteiger partial charge on any atom is 0.393 e. The molecule has 2 rings (SSSR count). The minimum Gasteiger partial charge on any atom is -0.478 e. The van der Waals surface area contributed by atoms with Crippen molar-refractivity contribution in [3.8, 4) is 0 Å². The summed E-state index contributed by atoms with van der Waals surface area (Å²) in [5.74, 6) is -17.0. The van der Waals surface area contributed by atoms with Crippen molar-refractivity contribution in [3.05, 3.63) is 58.7 Å². The molecule has 1 aromatic rings. The molecule has 2 unspecified atom stereocenters. The van der Waals surface area contributed by atoms with Gasteiger partial charge >= 0.3 is 11.9 Å². The summed E-state index contributed by atoms with van der Waals surface area (Å²) >= 11 is 0. The molecule has 0 saturated heterocycles. The standard InChI is InChI=1S/C17H12F6O4/c1-16(2,8-6-4-3-5-7(8)14(24)25)12-10(19)9(18)11(20)13(21)17(12,22)15(26)27-23/h3-6,12H,1-2H3,(H,24,25). The first-order valence-electron chi connectivity index (χ1n) is 7.38. The highest BCUT2D eigenvalue weighted by Crippen LogP contribution is 2.55. The van der Waals surface area contributed by atoms with Crippen LogP contribution in [-0.4, -0.2) is 22.7 Å². The number of hydrogen-bond acceptors (Lipinski definition) is 3. The van der Waals surface area contributed by atoms with Gasteiger partial charge in [-0.05, 0) is 11.6 Å². The number of aromatic carboxylic acids is 1. The van der Waals surface area contributed by atoms with Crippen molar-refractivity contribution in [1.29, 1.82) is 0 Å². The Kier molecular flexibility index (Phi) is 5.13. The molecule has 0 radical (unpaired) electrons. The number of benzene rings is 1. The zero-order chi connectivity index (χ0) is 20.7. The van der Waals surface area contributed by atoms with Crippen LogP contribution in [0.1, 0.15) is 29.8 Å². The van der Waals surface area contributed by atoms with Gasteiger partial charge in [0.25, 0.3) is 5.67 Å². The summed E-state index contributed by atoms with van der Waals surface area (Å²) < 4.78 is 83.6. The molecule has 0 bridgehead atoms. The first-order chi connectivity index (χ1) is 12.4. The van der Waals surface area contributed by atoms with Crippen LogP contribution >= 0.6 is 0 Å². The van der Waals surface area contributed by atoms with Crippen LogP contribution in [0, 0.1) is 5.92 Å². The van der Waals surface area contributed by atoms with E-state index in [-0.39, 0.29) is 5.56 Å². The van der Waals surface area contributed by atoms with Gasteiger partial charge in [0, 0.05) is 9.94 Å². The second-order valence-corrected chi connectivity index (χ2v) is 6.37. The minimum absolute atomic E-state index is 0.339. The number of carbonyl (C=O) groups is 2. The Morgan fingerprint density at radius 3 is 2.19 bits per heavy atom. The number of carboxylic acids is 1. The second kappa shape index (κ2) is 6.75. The maximum atomic E-state index is 15.2. The van der Waals surface area contributed by atoms with Gasteiger partial charge in [0.1, 0.15) is 5.83 Å². The van der Waals surface area contributed by atoms with Gasteiger partial charge in [0.05, 0.1) is 11.5 Å². The Morgan fingerprint density at radius 2 is 1.67 bits per heavy atom. The number of carbonyl (C=O) groups excluding carboxylic acids is 1. The van der Waals surface area contributed by atoms with Gasteiger partial charge in [-0.1, -0.05) is 32.0 Å². The van der Waals surface area contributed by atoms with Crippen molar-refractivity contribution in [2.75, 3.05) is 0 Å². The number of carboxylic acid groups (broad SMARTS) is 1. The lowest BCUT2D eigenvalue weighted by atomic mass is 9.63. The van der Waals surface area contributed by atoms with E-state index in [9.17, 15) is 36.8 Å². The van der Waals surface area contributed by atoms with Crippen molar-refractivity contribution in [2.45, 2.75) is 24.9 Å². The molecule has 2 atom stereocenters. The van der Waals surface area contributed by atoms with Crippen LogP contribution < -0.4 is 0 Å². The fraction of sp³-hybridized carbons (Fsp3) is 0.294. The van der Waals surface area contributed by atoms with Gasteiger partial charge in [0.2, 0.25) is 0 Å². The molecule has 1 aliphatic carbocycles. The summed E-state index contributed by atoms with van der Waals surface area (Å²) in [4.78, 5) is 25.6. The van der Waals surface area contributed by atoms with E-state index in [0.29, 0.717) is 0 Å². The predicted octanol–water partition coefficient (Wildman–Crippen LogP) is 4.73. The molecule has 1 N–H and O–H groups in total. The van der Waals surface area contributed by atoms with Crippen molar-refractivity contribution < 1.29 is 46.1 Å². The molecule has 1 aromatic carbocycles. The maximum absolute atomic E-state index is 15.2. The van der Waals surface area contributed by atoms with Gasteiger partial charge in [-0.15, -0.1) is 0 Å². The van der Waals surface area contributed by atoms with Gasteiger partial charge in [0.15, 0.2) is 17.5 Å². The quantitative estimate of drug-likeness (QED) is 0.750. The van der Waals surface area contributed by atoms with Crippen LogP contribution in [-0.2, 0) is 15.2 Å². The molecule has 0 amide bonds. The molecule has 10 heteroatoms. The van der Waals surface area contributed by atoms with E-state index in [4.69, 9.17) is 0 Å². The minimum atomic E-state index is -4.41. The lowest BCUT2D eigenvalue weighted by molar-refractivity contribution is -0.202. The zero-order valence-corrected chi connectivity index (χ0v) is 13.8. The second-order valence-electron chi connectivity index (χ2n) is 6.37. The predicted molar refractivity (Wildman–Crippen MR) is 79.4 cm³/mol. The van der Waals surface area contributed by atoms with Gasteiger partial charge in [-0.2, -0.15) is 0 Å². The van der Waals surface area contributed by atoms with E-state index in [2.05, 4.69) is 4.94 Å². The number of alkyl halides is 1. The van der Waals surface area contributed by atoms with Crippen LogP contribution in [0.15, 0.2) is 47.6 Å². The number of hydrogen-bond donors (Lipinski definition) is 1. The van der Waals surface area contributed by atoms with Crippen LogP contribution in [0.25, 0.3) is 0 Å². The molecule has 1 aliphatic rings. The Bertz CT molecular complexity index is 876. The largest absolute Gasteiger partial charge is 0.478 e. The van der Waals surface area contributed by atoms with Gasteiger partial charge in [-0.3, -0.25) is 4.94 Å². The molecule has 0 spiro atoms. The third-order valence-corrected chi connectivity index (χ3v) is 4.51. The van der Waals surface area contributed by atoms with Gasteiger partial charge < -0.3 is 5.11 Å². The zero-order valence-electron chi connectivity index (χ0n) is 13.8. The third kappa shape index (κ3) is 2.88. The lowest BCUT2D eigenvalue weighted by Crippen LogP contribution is -2.53. The highest BCUT2D eigenvalue weighted by atomic mass is 19.3. The van der Waals surface area contributed by atoms with E-state index in [1.807, 2.05) is 0 Å². The number of rotatable bonds is 4. The fourth-order valence-corrected chi connectivity index (χ4v) is 3.25. The van der Waals surface area contributed by atoms with Crippen molar-refractivity contribution >= 4 is 11.9 Å². The highest BCUT2D eigenvalue weighted by molar-refractivity contribution is 5.90. The third-order valence-electron chi connectivity index (χ3n) is 4.51. The van der Waals surface area contributed by atoms with Crippen molar-refractivity contribution in [1.82, 2.24) is 0 Å². The van der Waals surface area contributed by atoms with Gasteiger partial charge in [-0.25, -0.2) is 31.5 Å². The summed E-state index contributed by atoms with van der Waals surface area (Å²) in [6.07, 6.45) is 0. The van der Waals surface area contributed by atoms with E-state index in [0.717, 1.165) is 26.0 Å². The molecular formula is C17H12F6O4. The molecule has 0 saturated carbocycles. The molecular weight excluding hydrogens is 382 g/mol. The van der Waals surface area contributed by atoms with Crippen molar-refractivity contribution in [3.63, 3.8) is 0 Å². The summed E-state index contributed by atoms with van der Waals surface area (Å²) in [6.45, 7) is 1.92. The van der Waals surface area contributed by atoms with E-state index >= 15 is 4.39 Å². The van der Waals surface area contributed by atoms with Crippen LogP contribution in [0.3, 0.4) is 0 Å². The normalized spacial score (nSPS) is 23.5. The molecule has 4 nitrogen and oxygen atoms in total. The molecule has 27 heavy (non-hydrogen) atoms. The van der Waals surface area contributed by atoms with Crippen LogP contribution in [0.4, 0.5) is 26.5 Å². The lowest BCUT2D eigenvalue weighted by Gasteiger charge is -2.42. The highest BCUT2D eigenvalue weighted by Gasteiger charge is 2.65. The smallest absolute Gasteiger partial charge is 0.393 e. The number of allylic oxidation sites excluding steroid dienone is 3. The average Bonchev–Trinajstić information content (AvgIpc) is 2.63. The van der Waals surface area contributed by atoms with Crippen LogP contribution in [0.2, 0.25) is 0 Å². The molecule has 0 aliphatic heterocycles. The molecule has 146 valence electrons. The summed E-state index contributed by atoms with van der Waals surface area (Å²) in [5, 5.41) is 9.26. The summed E-state index contributed by atoms with van der Waals surface area (Å²) in [6, 6.07) is 4.67. The SMILES string of the molecule is CC(C)(c1ccccc1C(=O)O)C1C(F)=C(F)C(F)=C(F)C1(F)C(=O)OF. The Balaban J connectivity index is 2.84. The average molecular weight is 394 g/mol. The summed E-state index contributed by atoms with van der Waals surface area (Å²) in [5.41, 5.74) is -7.42. The van der Waals surface area contributed by atoms with E-state index in [1.165, 1.54) is 12.1 Å². The van der Waals surface area contributed by atoms with Crippen molar-refractivity contribution in [2.24, 2.45) is 5.92 Å². The van der Waals surface area contributed by atoms with E-state index < -0.39 is 57.8 Å². The first kappa shape index (κ1) is 20.5. The number of halogens is 6. The molecule has 0 aromatic heterocycles. The molecule has 0 heterocycles. The Morgan fingerprint density at radius 1 is 1.11 bits per heavy atom. The van der Waals surface area contributed by atoms with Crippen LogP contribution in [0.5, 0.6) is 0 Å². The first-order valence-corrected chi connectivity index (χ1v) is 7.38. The fourth-order valence-electron chi connectivity index (χ4n) is 3.25. The topological polar surface area (TPSA) is 63.6 Å². The Hall–Kier alpha value is -2.78. The Labute approximate surface area is 148 Å².